The van der Waals surface area contributed by atoms with Crippen LogP contribution in [-0.4, -0.2) is 4.98 Å². The second-order valence-electron chi connectivity index (χ2n) is 11.2. The van der Waals surface area contributed by atoms with Crippen molar-refractivity contribution in [2.75, 3.05) is 4.90 Å². The van der Waals surface area contributed by atoms with Crippen LogP contribution in [0.3, 0.4) is 0 Å². The molecule has 0 unspecified atom stereocenters. The van der Waals surface area contributed by atoms with Gasteiger partial charge in [-0.05, 0) is 68.9 Å². The average molecular weight is 563 g/mol. The minimum atomic E-state index is 0.858. The Morgan fingerprint density at radius 2 is 1.14 bits per heavy atom. The minimum Gasteiger partial charge on any atom is -0.456 e. The highest BCUT2D eigenvalue weighted by Gasteiger charge is 2.22. The first-order valence-electron chi connectivity index (χ1n) is 14.9. The summed E-state index contributed by atoms with van der Waals surface area (Å²) in [7, 11) is 0. The van der Waals surface area contributed by atoms with Crippen LogP contribution in [0.25, 0.3) is 65.4 Å². The first kappa shape index (κ1) is 24.6. The fourth-order valence-corrected chi connectivity index (χ4v) is 6.67. The molecule has 0 amide bonds. The monoisotopic (exact) mass is 562 g/mol. The van der Waals surface area contributed by atoms with E-state index in [1.807, 2.05) is 18.5 Å². The third-order valence-electron chi connectivity index (χ3n) is 8.68. The third-order valence-corrected chi connectivity index (χ3v) is 8.68. The van der Waals surface area contributed by atoms with Gasteiger partial charge < -0.3 is 9.32 Å². The van der Waals surface area contributed by atoms with E-state index in [-0.39, 0.29) is 0 Å². The minimum absolute atomic E-state index is 0.858. The number of aromatic nitrogens is 1. The summed E-state index contributed by atoms with van der Waals surface area (Å²) in [5.41, 5.74) is 7.17. The van der Waals surface area contributed by atoms with Gasteiger partial charge in [0.2, 0.25) is 0 Å². The van der Waals surface area contributed by atoms with E-state index >= 15 is 0 Å². The molecule has 0 atom stereocenters. The van der Waals surface area contributed by atoms with Gasteiger partial charge in [-0.3, -0.25) is 4.98 Å². The van der Waals surface area contributed by atoms with Gasteiger partial charge in [0.1, 0.15) is 11.2 Å². The smallest absolute Gasteiger partial charge is 0.138 e. The molecule has 0 saturated heterocycles. The summed E-state index contributed by atoms with van der Waals surface area (Å²) in [6, 6.07) is 51.8. The van der Waals surface area contributed by atoms with Crippen LogP contribution in [-0.2, 0) is 0 Å². The van der Waals surface area contributed by atoms with Crippen molar-refractivity contribution in [2.24, 2.45) is 0 Å². The Bertz CT molecular complexity index is 2430. The van der Waals surface area contributed by atoms with Gasteiger partial charge >= 0.3 is 0 Å². The zero-order valence-electron chi connectivity index (χ0n) is 23.8. The molecule has 0 bridgehead atoms. The molecule has 9 rings (SSSR count). The van der Waals surface area contributed by atoms with Crippen LogP contribution >= 0.6 is 0 Å². The van der Waals surface area contributed by atoms with Crippen molar-refractivity contribution in [3.05, 3.63) is 158 Å². The van der Waals surface area contributed by atoms with Crippen LogP contribution in [0.2, 0.25) is 0 Å². The highest BCUT2D eigenvalue weighted by molar-refractivity contribution is 6.25. The summed E-state index contributed by atoms with van der Waals surface area (Å²) in [6.45, 7) is 0. The third kappa shape index (κ3) is 3.87. The molecule has 9 aromatic rings. The van der Waals surface area contributed by atoms with Crippen molar-refractivity contribution < 1.29 is 4.42 Å². The van der Waals surface area contributed by atoms with Gasteiger partial charge in [0, 0.05) is 51.6 Å². The van der Waals surface area contributed by atoms with Crippen molar-refractivity contribution in [2.45, 2.75) is 0 Å². The summed E-state index contributed by atoms with van der Waals surface area (Å²) < 4.78 is 6.68. The van der Waals surface area contributed by atoms with Gasteiger partial charge in [-0.2, -0.15) is 0 Å². The maximum Gasteiger partial charge on any atom is 0.138 e. The molecule has 2 aromatic heterocycles. The van der Waals surface area contributed by atoms with Gasteiger partial charge in [0.25, 0.3) is 0 Å². The van der Waals surface area contributed by atoms with Crippen LogP contribution in [0.15, 0.2) is 162 Å². The molecule has 0 saturated carbocycles. The molecule has 7 aromatic carbocycles. The van der Waals surface area contributed by atoms with E-state index in [1.165, 1.54) is 21.5 Å². The second-order valence-corrected chi connectivity index (χ2v) is 11.2. The highest BCUT2D eigenvalue weighted by Crippen LogP contribution is 2.47. The van der Waals surface area contributed by atoms with E-state index in [2.05, 4.69) is 149 Å². The molecule has 0 spiro atoms. The lowest BCUT2D eigenvalue weighted by Gasteiger charge is -2.27. The molecule has 3 heteroatoms. The molecule has 0 N–H and O–H groups in total. The summed E-state index contributed by atoms with van der Waals surface area (Å²) >= 11 is 0. The predicted molar refractivity (Wildman–Crippen MR) is 184 cm³/mol. The number of benzene rings is 7. The number of hydrogen-bond donors (Lipinski definition) is 0. The first-order valence-corrected chi connectivity index (χ1v) is 14.9. The number of pyridine rings is 1. The molecule has 3 nitrogen and oxygen atoms in total. The maximum atomic E-state index is 6.68. The standard InChI is InChI=1S/C41H26N2O/c1-3-11-29-23-32(20-18-27(29)9-1)43(33-21-19-28-10-2-4-12-30(28)24-33)37-25-39-41(36-15-6-5-14-35(36)37)40-34(16-7-17-38(40)44-39)31-13-8-22-42-26-31/h1-26H. The molecule has 0 radical (unpaired) electrons. The van der Waals surface area contributed by atoms with E-state index in [1.54, 1.807) is 0 Å². The first-order chi connectivity index (χ1) is 21.8. The number of nitrogens with zero attached hydrogens (tertiary/aromatic N) is 2. The summed E-state index contributed by atoms with van der Waals surface area (Å²) in [5.74, 6) is 0. The van der Waals surface area contributed by atoms with Gasteiger partial charge in [-0.1, -0.05) is 103 Å². The van der Waals surface area contributed by atoms with Crippen LogP contribution in [0.5, 0.6) is 0 Å². The molecule has 2 heterocycles. The topological polar surface area (TPSA) is 29.3 Å². The van der Waals surface area contributed by atoms with Crippen LogP contribution in [0.1, 0.15) is 0 Å². The fraction of sp³-hybridized carbons (Fsp3) is 0. The van der Waals surface area contributed by atoms with E-state index in [9.17, 15) is 0 Å². The van der Waals surface area contributed by atoms with Crippen molar-refractivity contribution in [1.29, 1.82) is 0 Å². The SMILES string of the molecule is c1cncc(-c2cccc3oc4cc(N(c5ccc6ccccc6c5)c5ccc6ccccc6c5)c5ccccc5c4c23)c1. The molecule has 44 heavy (non-hydrogen) atoms. The number of hydrogen-bond acceptors (Lipinski definition) is 3. The Hall–Kier alpha value is -5.93. The Morgan fingerprint density at radius 1 is 0.477 bits per heavy atom. The van der Waals surface area contributed by atoms with Gasteiger partial charge in [-0.25, -0.2) is 0 Å². The normalized spacial score (nSPS) is 11.6. The molecule has 0 aliphatic heterocycles. The Morgan fingerprint density at radius 3 is 1.82 bits per heavy atom. The van der Waals surface area contributed by atoms with Gasteiger partial charge in [-0.15, -0.1) is 0 Å². The molecule has 0 aliphatic rings. The average Bonchev–Trinajstić information content (AvgIpc) is 3.48. The van der Waals surface area contributed by atoms with Crippen molar-refractivity contribution in [1.82, 2.24) is 4.98 Å². The van der Waals surface area contributed by atoms with Gasteiger partial charge in [0.05, 0.1) is 5.69 Å². The molecular weight excluding hydrogens is 536 g/mol. The summed E-state index contributed by atoms with van der Waals surface area (Å²) in [6.07, 6.45) is 3.73. The van der Waals surface area contributed by atoms with E-state index in [4.69, 9.17) is 4.42 Å². The number of fused-ring (bicyclic) bond motifs is 7. The van der Waals surface area contributed by atoms with Crippen molar-refractivity contribution in [3.63, 3.8) is 0 Å². The lowest BCUT2D eigenvalue weighted by Crippen LogP contribution is -2.10. The zero-order chi connectivity index (χ0) is 29.0. The Balaban J connectivity index is 1.37. The van der Waals surface area contributed by atoms with Crippen molar-refractivity contribution >= 4 is 71.3 Å². The summed E-state index contributed by atoms with van der Waals surface area (Å²) in [4.78, 5) is 6.78. The van der Waals surface area contributed by atoms with Crippen LogP contribution < -0.4 is 4.90 Å². The highest BCUT2D eigenvalue weighted by atomic mass is 16.3. The number of furan rings is 1. The van der Waals surface area contributed by atoms with Crippen LogP contribution in [0.4, 0.5) is 17.1 Å². The van der Waals surface area contributed by atoms with Crippen molar-refractivity contribution in [3.8, 4) is 11.1 Å². The summed E-state index contributed by atoms with van der Waals surface area (Å²) in [5, 5.41) is 9.38. The lowest BCUT2D eigenvalue weighted by atomic mass is 9.96. The molecule has 206 valence electrons. The molecule has 0 fully saturated rings. The number of anilines is 3. The quantitative estimate of drug-likeness (QED) is 0.214. The van der Waals surface area contributed by atoms with E-state index in [0.717, 1.165) is 60.9 Å². The molecular formula is C41H26N2O. The van der Waals surface area contributed by atoms with Crippen LogP contribution in [0, 0.1) is 0 Å². The Labute approximate surface area is 254 Å². The van der Waals surface area contributed by atoms with E-state index in [0.29, 0.717) is 0 Å². The van der Waals surface area contributed by atoms with Gasteiger partial charge in [0.15, 0.2) is 0 Å². The molecule has 0 aliphatic carbocycles. The maximum absolute atomic E-state index is 6.68. The number of rotatable bonds is 4. The van der Waals surface area contributed by atoms with E-state index < -0.39 is 0 Å². The lowest BCUT2D eigenvalue weighted by molar-refractivity contribution is 0.669. The second kappa shape index (κ2) is 9.82. The predicted octanol–water partition coefficient (Wildman–Crippen LogP) is 11.6. The Kier molecular flexibility index (Phi) is 5.50. The fourth-order valence-electron chi connectivity index (χ4n) is 6.67. The zero-order valence-corrected chi connectivity index (χ0v) is 23.8. The largest absolute Gasteiger partial charge is 0.456 e.